The molecule has 0 radical (unpaired) electrons. The van der Waals surface area contributed by atoms with Crippen LogP contribution in [0.4, 0.5) is 5.69 Å². The molecule has 4 rings (SSSR count). The van der Waals surface area contributed by atoms with Crippen molar-refractivity contribution in [2.24, 2.45) is 11.8 Å². The maximum Gasteiger partial charge on any atom is 0.234 e. The number of amides is 2. The highest BCUT2D eigenvalue weighted by atomic mass is 16.5. The summed E-state index contributed by atoms with van der Waals surface area (Å²) in [4.78, 5) is 27.1. The number of para-hydroxylation sites is 1. The van der Waals surface area contributed by atoms with Gasteiger partial charge in [-0.15, -0.1) is 0 Å². The summed E-state index contributed by atoms with van der Waals surface area (Å²) in [7, 11) is 0. The van der Waals surface area contributed by atoms with Crippen LogP contribution in [0.5, 0.6) is 0 Å². The first-order valence-corrected chi connectivity index (χ1v) is 7.78. The molecule has 3 aliphatic rings. The van der Waals surface area contributed by atoms with Crippen molar-refractivity contribution in [2.75, 3.05) is 24.6 Å². The Labute approximate surface area is 133 Å². The van der Waals surface area contributed by atoms with Crippen molar-refractivity contribution >= 4 is 17.5 Å². The lowest BCUT2D eigenvalue weighted by Crippen LogP contribution is -2.44. The number of benzene rings is 1. The Hall–Kier alpha value is -2.18. The second kappa shape index (κ2) is 5.18. The fourth-order valence-corrected chi connectivity index (χ4v) is 3.92. The van der Waals surface area contributed by atoms with Gasteiger partial charge in [0.2, 0.25) is 11.8 Å². The van der Waals surface area contributed by atoms with Gasteiger partial charge < -0.3 is 20.1 Å². The second-order valence-electron chi connectivity index (χ2n) is 6.17. The maximum atomic E-state index is 12.9. The molecule has 4 atom stereocenters. The van der Waals surface area contributed by atoms with Crippen LogP contribution in [0.1, 0.15) is 0 Å². The van der Waals surface area contributed by atoms with Gasteiger partial charge in [-0.25, -0.2) is 0 Å². The predicted molar refractivity (Wildman–Crippen MR) is 82.6 cm³/mol. The van der Waals surface area contributed by atoms with Crippen LogP contribution in [-0.2, 0) is 14.3 Å². The molecule has 2 bridgehead atoms. The number of carbonyl (C=O) groups excluding carboxylic acids is 2. The third kappa shape index (κ3) is 2.02. The number of carbonyl (C=O) groups is 2. The predicted octanol–water partition coefficient (Wildman–Crippen LogP) is 0.0815. The summed E-state index contributed by atoms with van der Waals surface area (Å²) in [5.41, 5.74) is 0.106. The molecule has 6 nitrogen and oxygen atoms in total. The normalized spacial score (nSPS) is 34.0. The van der Waals surface area contributed by atoms with E-state index in [9.17, 15) is 9.59 Å². The number of aliphatic hydroxyl groups excluding tert-OH is 1. The standard InChI is InChI=1S/C17H18N2O4/c20-9-8-18-15(21)13-12-6-7-17(23-12)10-19(16(22)14(13)17)11-4-2-1-3-5-11/h1-7,12-14,20H,8-10H2,(H,18,21)/t12?,13?,14?,17-/m0/s1. The minimum atomic E-state index is -0.710. The van der Waals surface area contributed by atoms with Gasteiger partial charge in [0.15, 0.2) is 0 Å². The van der Waals surface area contributed by atoms with E-state index in [0.717, 1.165) is 5.69 Å². The van der Waals surface area contributed by atoms with Crippen LogP contribution in [0.3, 0.4) is 0 Å². The molecule has 2 fully saturated rings. The topological polar surface area (TPSA) is 78.9 Å². The Morgan fingerprint density at radius 1 is 1.39 bits per heavy atom. The first-order valence-electron chi connectivity index (χ1n) is 7.78. The largest absolute Gasteiger partial charge is 0.395 e. The zero-order chi connectivity index (χ0) is 16.0. The molecule has 6 heteroatoms. The lowest BCUT2D eigenvalue weighted by Gasteiger charge is -2.23. The molecule has 1 aromatic rings. The Morgan fingerprint density at radius 3 is 2.91 bits per heavy atom. The van der Waals surface area contributed by atoms with Crippen LogP contribution in [-0.4, -0.2) is 48.3 Å². The van der Waals surface area contributed by atoms with E-state index in [1.165, 1.54) is 0 Å². The van der Waals surface area contributed by atoms with Crippen LogP contribution in [0.2, 0.25) is 0 Å². The summed E-state index contributed by atoms with van der Waals surface area (Å²) >= 11 is 0. The van der Waals surface area contributed by atoms with Gasteiger partial charge in [-0.1, -0.05) is 30.4 Å². The first-order chi connectivity index (χ1) is 11.2. The summed E-state index contributed by atoms with van der Waals surface area (Å²) in [6.07, 6.45) is 3.45. The molecule has 1 aromatic carbocycles. The van der Waals surface area contributed by atoms with Gasteiger partial charge in [-0.2, -0.15) is 0 Å². The van der Waals surface area contributed by atoms with Crippen LogP contribution < -0.4 is 10.2 Å². The molecule has 2 amide bonds. The minimum Gasteiger partial charge on any atom is -0.395 e. The molecule has 3 heterocycles. The molecule has 2 N–H and O–H groups in total. The molecule has 0 aliphatic carbocycles. The highest BCUT2D eigenvalue weighted by Gasteiger charge is 2.66. The number of ether oxygens (including phenoxy) is 1. The molecule has 3 aliphatic heterocycles. The second-order valence-corrected chi connectivity index (χ2v) is 6.17. The average molecular weight is 314 g/mol. The molecular weight excluding hydrogens is 296 g/mol. The SMILES string of the molecule is O=C(NCCO)C1C2C=C[C@@]3(CN(c4ccccc4)C(=O)C13)O2. The maximum absolute atomic E-state index is 12.9. The lowest BCUT2D eigenvalue weighted by molar-refractivity contribution is -0.132. The van der Waals surface area contributed by atoms with E-state index in [1.807, 2.05) is 42.5 Å². The van der Waals surface area contributed by atoms with Gasteiger partial charge in [0.25, 0.3) is 0 Å². The van der Waals surface area contributed by atoms with Gasteiger partial charge in [0, 0.05) is 12.2 Å². The number of nitrogens with one attached hydrogen (secondary N) is 1. The van der Waals surface area contributed by atoms with E-state index in [-0.39, 0.29) is 31.1 Å². The number of hydrogen-bond donors (Lipinski definition) is 2. The van der Waals surface area contributed by atoms with Gasteiger partial charge in [-0.3, -0.25) is 9.59 Å². The molecule has 120 valence electrons. The van der Waals surface area contributed by atoms with Crippen LogP contribution in [0.15, 0.2) is 42.5 Å². The zero-order valence-corrected chi connectivity index (χ0v) is 12.5. The van der Waals surface area contributed by atoms with E-state index in [2.05, 4.69) is 5.32 Å². The molecule has 23 heavy (non-hydrogen) atoms. The van der Waals surface area contributed by atoms with Crippen LogP contribution >= 0.6 is 0 Å². The van der Waals surface area contributed by atoms with Crippen LogP contribution in [0.25, 0.3) is 0 Å². The monoisotopic (exact) mass is 314 g/mol. The molecular formula is C17H18N2O4. The Bertz CT molecular complexity index is 674. The summed E-state index contributed by atoms with van der Waals surface area (Å²) in [5.74, 6) is -1.35. The van der Waals surface area contributed by atoms with Crippen molar-refractivity contribution < 1.29 is 19.4 Å². The fourth-order valence-electron chi connectivity index (χ4n) is 3.92. The molecule has 1 spiro atoms. The smallest absolute Gasteiger partial charge is 0.234 e. The number of hydrogen-bond acceptors (Lipinski definition) is 4. The molecule has 3 unspecified atom stereocenters. The Kier molecular flexibility index (Phi) is 3.25. The third-order valence-electron chi connectivity index (χ3n) is 4.88. The van der Waals surface area contributed by atoms with Crippen molar-refractivity contribution in [3.63, 3.8) is 0 Å². The zero-order valence-electron chi connectivity index (χ0n) is 12.5. The summed E-state index contributed by atoms with van der Waals surface area (Å²) < 4.78 is 6.02. The average Bonchev–Trinajstić information content (AvgIpc) is 3.22. The molecule has 0 aromatic heterocycles. The first kappa shape index (κ1) is 14.4. The highest BCUT2D eigenvalue weighted by molar-refractivity contribution is 6.03. The number of nitrogens with zero attached hydrogens (tertiary/aromatic N) is 1. The highest BCUT2D eigenvalue weighted by Crippen LogP contribution is 2.52. The lowest BCUT2D eigenvalue weighted by atomic mass is 9.77. The number of anilines is 1. The van der Waals surface area contributed by atoms with E-state index in [0.29, 0.717) is 6.54 Å². The van der Waals surface area contributed by atoms with Gasteiger partial charge in [0.1, 0.15) is 5.60 Å². The summed E-state index contributed by atoms with van der Waals surface area (Å²) in [6.45, 7) is 0.485. The van der Waals surface area contributed by atoms with E-state index in [4.69, 9.17) is 9.84 Å². The van der Waals surface area contributed by atoms with Gasteiger partial charge in [0.05, 0.1) is 31.1 Å². The van der Waals surface area contributed by atoms with Crippen molar-refractivity contribution in [3.8, 4) is 0 Å². The minimum absolute atomic E-state index is 0.0767. The van der Waals surface area contributed by atoms with Gasteiger partial charge >= 0.3 is 0 Å². The van der Waals surface area contributed by atoms with Crippen molar-refractivity contribution in [1.82, 2.24) is 5.32 Å². The number of aliphatic hydroxyl groups is 1. The third-order valence-corrected chi connectivity index (χ3v) is 4.88. The van der Waals surface area contributed by atoms with Crippen LogP contribution in [0, 0.1) is 11.8 Å². The van der Waals surface area contributed by atoms with Crippen molar-refractivity contribution in [1.29, 1.82) is 0 Å². The Morgan fingerprint density at radius 2 is 2.17 bits per heavy atom. The molecule has 0 saturated carbocycles. The van der Waals surface area contributed by atoms with E-state index >= 15 is 0 Å². The fraction of sp³-hybridized carbons (Fsp3) is 0.412. The van der Waals surface area contributed by atoms with E-state index in [1.54, 1.807) is 4.90 Å². The summed E-state index contributed by atoms with van der Waals surface area (Å²) in [5, 5.41) is 11.6. The quantitative estimate of drug-likeness (QED) is 0.772. The van der Waals surface area contributed by atoms with Crippen molar-refractivity contribution in [2.45, 2.75) is 11.7 Å². The van der Waals surface area contributed by atoms with Crippen molar-refractivity contribution in [3.05, 3.63) is 42.5 Å². The van der Waals surface area contributed by atoms with E-state index < -0.39 is 17.4 Å². The number of rotatable bonds is 4. The molecule has 2 saturated heterocycles. The van der Waals surface area contributed by atoms with Gasteiger partial charge in [-0.05, 0) is 12.1 Å². The number of fused-ring (bicyclic) bond motifs is 1. The summed E-state index contributed by atoms with van der Waals surface area (Å²) in [6, 6.07) is 9.43. The Balaban J connectivity index is 1.65.